The van der Waals surface area contributed by atoms with Gasteiger partial charge in [-0.1, -0.05) is 19.3 Å². The van der Waals surface area contributed by atoms with Crippen LogP contribution in [-0.2, 0) is 23.6 Å². The maximum atomic E-state index is 10.0. The van der Waals surface area contributed by atoms with Gasteiger partial charge in [0.2, 0.25) is 0 Å². The van der Waals surface area contributed by atoms with Crippen LogP contribution in [-0.4, -0.2) is 32.3 Å². The second-order valence-electron chi connectivity index (χ2n) is 2.56. The van der Waals surface area contributed by atoms with Gasteiger partial charge in [-0.25, -0.2) is 0 Å². The van der Waals surface area contributed by atoms with Gasteiger partial charge in [0, 0.05) is 6.10 Å². The molecule has 0 aromatic rings. The summed E-state index contributed by atoms with van der Waals surface area (Å²) < 4.78 is 24.7. The van der Waals surface area contributed by atoms with Crippen LogP contribution in [0, 0.1) is 0 Å². The molecule has 0 N–H and O–H groups in total. The summed E-state index contributed by atoms with van der Waals surface area (Å²) in [5.41, 5.74) is 0. The molecule has 0 aliphatic heterocycles. The molecule has 2 radical (unpaired) electrons. The number of rotatable bonds is 2. The first-order valence-corrected chi connectivity index (χ1v) is 4.55. The molecule has 0 aromatic heterocycles. The molecule has 0 atom stereocenters. The Balaban J connectivity index is 0.000001000. The van der Waals surface area contributed by atoms with Gasteiger partial charge in [-0.3, -0.25) is 0 Å². The van der Waals surface area contributed by atoms with Crippen molar-refractivity contribution in [3.05, 3.63) is 0 Å². The van der Waals surface area contributed by atoms with Crippen LogP contribution in [0.3, 0.4) is 0 Å². The molecule has 3 nitrogen and oxygen atoms in total. The molecule has 0 heterocycles. The fourth-order valence-electron chi connectivity index (χ4n) is 1.27. The molecule has 0 spiro atoms. The van der Waals surface area contributed by atoms with E-state index in [4.69, 9.17) is 0 Å². The van der Waals surface area contributed by atoms with E-state index in [0.717, 1.165) is 25.7 Å². The van der Waals surface area contributed by atoms with Gasteiger partial charge in [0.05, 0.1) is 11.0 Å². The van der Waals surface area contributed by atoms with Crippen LogP contribution in [0.2, 0.25) is 0 Å². The van der Waals surface area contributed by atoms with E-state index < -0.39 is 11.0 Å². The Hall–Kier alpha value is 0.793. The van der Waals surface area contributed by atoms with E-state index >= 15 is 0 Å². The summed E-state index contributed by atoms with van der Waals surface area (Å²) in [6, 6.07) is 0. The van der Waals surface area contributed by atoms with Crippen LogP contribution in [0.15, 0.2) is 0 Å². The van der Waals surface area contributed by atoms with Crippen molar-refractivity contribution < 1.29 is 12.6 Å². The maximum absolute atomic E-state index is 10.0. The Morgan fingerprint density at radius 1 is 1.09 bits per heavy atom. The summed E-state index contributed by atoms with van der Waals surface area (Å²) in [6.45, 7) is 0. The first-order valence-electron chi connectivity index (χ1n) is 3.55. The van der Waals surface area contributed by atoms with Crippen molar-refractivity contribution in [2.45, 2.75) is 38.2 Å². The zero-order chi connectivity index (χ0) is 7.40. The quantitative estimate of drug-likeness (QED) is 0.527. The molecule has 1 fully saturated rings. The normalized spacial score (nSPS) is 19.7. The van der Waals surface area contributed by atoms with Crippen molar-refractivity contribution in [3.8, 4) is 0 Å². The van der Waals surface area contributed by atoms with E-state index in [2.05, 4.69) is 4.18 Å². The Bertz CT molecular complexity index is 155. The molecule has 66 valence electrons. The predicted octanol–water partition coefficient (Wildman–Crippen LogP) is 0.644. The van der Waals surface area contributed by atoms with E-state index in [1.165, 1.54) is 6.42 Å². The van der Waals surface area contributed by atoms with Gasteiger partial charge in [0.1, 0.15) is 0 Å². The molecular formula is C6H13BiO3S. The van der Waals surface area contributed by atoms with Gasteiger partial charge in [0.15, 0.2) is 0 Å². The minimum atomic E-state index is -2.31. The fraction of sp³-hybridized carbons (Fsp3) is 1.00. The first-order chi connectivity index (χ1) is 4.79. The average molecular weight is 374 g/mol. The summed E-state index contributed by atoms with van der Waals surface area (Å²) in [7, 11) is -2.31. The molecule has 1 aliphatic rings. The third kappa shape index (κ3) is 5.10. The molecule has 1 saturated carbocycles. The predicted molar refractivity (Wildman–Crippen MR) is 45.2 cm³/mol. The van der Waals surface area contributed by atoms with Gasteiger partial charge in [-0.15, -0.1) is 0 Å². The molecule has 5 heteroatoms. The zero-order valence-electron chi connectivity index (χ0n) is 6.32. The molecule has 1 aliphatic carbocycles. The molecule has 0 bridgehead atoms. The van der Waals surface area contributed by atoms with Gasteiger partial charge in [-0.05, 0) is 12.8 Å². The Morgan fingerprint density at radius 2 is 1.64 bits per heavy atom. The van der Waals surface area contributed by atoms with Crippen molar-refractivity contribution in [2.24, 2.45) is 0 Å². The van der Waals surface area contributed by atoms with E-state index in [-0.39, 0.29) is 32.3 Å². The Kier molecular flexibility index (Phi) is 6.78. The van der Waals surface area contributed by atoms with E-state index in [1.54, 1.807) is 0 Å². The van der Waals surface area contributed by atoms with Gasteiger partial charge in [0.25, 0.3) is 0 Å². The summed E-state index contributed by atoms with van der Waals surface area (Å²) in [6.07, 6.45) is 5.17. The SMILES string of the molecule is O=[S-](=O)OC1CCCCC1.[BiH2+]. The number of hydrogen-bond donors (Lipinski definition) is 0. The van der Waals surface area contributed by atoms with Crippen LogP contribution in [0.1, 0.15) is 32.1 Å². The Morgan fingerprint density at radius 3 is 2.09 bits per heavy atom. The molecule has 0 unspecified atom stereocenters. The van der Waals surface area contributed by atoms with Gasteiger partial charge < -0.3 is 12.6 Å². The van der Waals surface area contributed by atoms with Crippen molar-refractivity contribution in [3.63, 3.8) is 0 Å². The van der Waals surface area contributed by atoms with Crippen LogP contribution >= 0.6 is 0 Å². The third-order valence-corrected chi connectivity index (χ3v) is 2.20. The van der Waals surface area contributed by atoms with Crippen LogP contribution in [0.4, 0.5) is 0 Å². The fourth-order valence-corrected chi connectivity index (χ4v) is 1.69. The van der Waals surface area contributed by atoms with Crippen LogP contribution < -0.4 is 0 Å². The zero-order valence-corrected chi connectivity index (χ0v) is 11.6. The summed E-state index contributed by atoms with van der Waals surface area (Å²) in [4.78, 5) is 0. The summed E-state index contributed by atoms with van der Waals surface area (Å²) >= 11 is 0. The average Bonchev–Trinajstić information content (AvgIpc) is 1.88. The molecule has 11 heavy (non-hydrogen) atoms. The summed E-state index contributed by atoms with van der Waals surface area (Å²) in [5.74, 6) is 0. The Labute approximate surface area is 87.8 Å². The standard InChI is InChI=1S/C6H11O3S.Bi.2H/c7-10(8)9-6-4-2-1-3-5-6;;;/h6H,1-5H2;;;/q-1;+1;;. The van der Waals surface area contributed by atoms with Crippen molar-refractivity contribution in [1.29, 1.82) is 0 Å². The van der Waals surface area contributed by atoms with Crippen molar-refractivity contribution >= 4 is 37.2 Å². The van der Waals surface area contributed by atoms with Crippen molar-refractivity contribution in [2.75, 3.05) is 0 Å². The minimum absolute atomic E-state index is 0. The van der Waals surface area contributed by atoms with Crippen molar-refractivity contribution in [1.82, 2.24) is 0 Å². The molecule has 0 saturated heterocycles. The summed E-state index contributed by atoms with van der Waals surface area (Å²) in [5, 5.41) is 0. The van der Waals surface area contributed by atoms with Gasteiger partial charge >= 0.3 is 26.2 Å². The topological polar surface area (TPSA) is 43.4 Å². The van der Waals surface area contributed by atoms with Crippen LogP contribution in [0.5, 0.6) is 0 Å². The van der Waals surface area contributed by atoms with Crippen LogP contribution in [0.25, 0.3) is 0 Å². The van der Waals surface area contributed by atoms with Gasteiger partial charge in [-0.2, -0.15) is 0 Å². The van der Waals surface area contributed by atoms with E-state index in [1.807, 2.05) is 0 Å². The third-order valence-electron chi connectivity index (χ3n) is 1.77. The van der Waals surface area contributed by atoms with E-state index in [0.29, 0.717) is 0 Å². The second kappa shape index (κ2) is 6.32. The van der Waals surface area contributed by atoms with E-state index in [9.17, 15) is 8.42 Å². The second-order valence-corrected chi connectivity index (χ2v) is 3.16. The number of hydrogen-bond acceptors (Lipinski definition) is 4. The molecular weight excluding hydrogens is 361 g/mol. The first kappa shape index (κ1) is 11.8. The molecule has 1 rings (SSSR count). The monoisotopic (exact) mass is 374 g/mol. The molecule has 0 aromatic carbocycles. The molecule has 0 amide bonds.